The maximum atomic E-state index is 10.9. The van der Waals surface area contributed by atoms with E-state index < -0.39 is 0 Å². The predicted octanol–water partition coefficient (Wildman–Crippen LogP) is 2.89. The van der Waals surface area contributed by atoms with E-state index >= 15 is 0 Å². The first-order valence-corrected chi connectivity index (χ1v) is 6.10. The van der Waals surface area contributed by atoms with Crippen LogP contribution < -0.4 is 9.47 Å². The lowest BCUT2D eigenvalue weighted by molar-refractivity contribution is 0.109. The second-order valence-corrected chi connectivity index (χ2v) is 3.86. The van der Waals surface area contributed by atoms with E-state index in [9.17, 15) is 9.59 Å². The summed E-state index contributed by atoms with van der Waals surface area (Å²) >= 11 is 0. The largest absolute Gasteiger partial charge is 0.490 e. The first-order valence-electron chi connectivity index (χ1n) is 6.10. The fourth-order valence-electron chi connectivity index (χ4n) is 1.45. The van der Waals surface area contributed by atoms with Crippen LogP contribution in [0.3, 0.4) is 0 Å². The molecule has 1 aromatic carbocycles. The van der Waals surface area contributed by atoms with Gasteiger partial charge in [0.05, 0.1) is 13.2 Å². The van der Waals surface area contributed by atoms with Crippen LogP contribution in [0.4, 0.5) is 0 Å². The molecule has 0 aliphatic heterocycles. The van der Waals surface area contributed by atoms with Crippen molar-refractivity contribution in [1.29, 1.82) is 0 Å². The molecule has 4 heteroatoms. The molecule has 0 saturated heterocycles. The fraction of sp³-hybridized carbons (Fsp3) is 0.429. The number of carbonyl (C=O) groups is 2. The molecule has 0 fully saturated rings. The molecule has 1 aromatic rings. The highest BCUT2D eigenvalue weighted by atomic mass is 16.5. The Kier molecular flexibility index (Phi) is 5.91. The maximum absolute atomic E-state index is 10.9. The normalized spacial score (nSPS) is 9.89. The topological polar surface area (TPSA) is 52.6 Å². The summed E-state index contributed by atoms with van der Waals surface area (Å²) in [5, 5.41) is 0. The van der Waals surface area contributed by atoms with Gasteiger partial charge in [-0.2, -0.15) is 0 Å². The Hall–Kier alpha value is -1.84. The van der Waals surface area contributed by atoms with Crippen LogP contribution in [-0.2, 0) is 0 Å². The number of hydrogen-bond donors (Lipinski definition) is 0. The molecule has 0 spiro atoms. The van der Waals surface area contributed by atoms with Crippen LogP contribution in [0.15, 0.2) is 12.1 Å². The van der Waals surface area contributed by atoms with Crippen LogP contribution in [0.5, 0.6) is 11.5 Å². The highest BCUT2D eigenvalue weighted by Gasteiger charge is 2.11. The van der Waals surface area contributed by atoms with Crippen molar-refractivity contribution in [2.45, 2.75) is 26.7 Å². The Morgan fingerprint density at radius 1 is 0.889 bits per heavy atom. The molecule has 18 heavy (non-hydrogen) atoms. The molecule has 0 aliphatic rings. The van der Waals surface area contributed by atoms with E-state index in [0.717, 1.165) is 12.8 Å². The van der Waals surface area contributed by atoms with Crippen molar-refractivity contribution in [2.75, 3.05) is 13.2 Å². The van der Waals surface area contributed by atoms with Crippen LogP contribution in [-0.4, -0.2) is 25.8 Å². The van der Waals surface area contributed by atoms with Crippen LogP contribution in [0, 0.1) is 0 Å². The minimum absolute atomic E-state index is 0.319. The van der Waals surface area contributed by atoms with Crippen LogP contribution in [0.2, 0.25) is 0 Å². The van der Waals surface area contributed by atoms with Gasteiger partial charge < -0.3 is 9.47 Å². The molecule has 0 atom stereocenters. The van der Waals surface area contributed by atoms with Gasteiger partial charge in [0.2, 0.25) is 0 Å². The molecule has 0 heterocycles. The third kappa shape index (κ3) is 3.58. The Bertz CT molecular complexity index is 374. The summed E-state index contributed by atoms with van der Waals surface area (Å²) in [6.45, 7) is 5.07. The van der Waals surface area contributed by atoms with E-state index in [0.29, 0.717) is 48.4 Å². The van der Waals surface area contributed by atoms with Gasteiger partial charge in [0, 0.05) is 11.1 Å². The summed E-state index contributed by atoms with van der Waals surface area (Å²) in [6, 6.07) is 3.11. The zero-order valence-corrected chi connectivity index (χ0v) is 10.8. The number of rotatable bonds is 8. The van der Waals surface area contributed by atoms with Gasteiger partial charge in [0.15, 0.2) is 24.1 Å². The van der Waals surface area contributed by atoms with E-state index in [-0.39, 0.29) is 0 Å². The Morgan fingerprint density at radius 3 is 1.56 bits per heavy atom. The van der Waals surface area contributed by atoms with Gasteiger partial charge in [-0.15, -0.1) is 0 Å². The van der Waals surface area contributed by atoms with Gasteiger partial charge >= 0.3 is 0 Å². The van der Waals surface area contributed by atoms with E-state index in [2.05, 4.69) is 0 Å². The molecular formula is C14H18O4. The third-order valence-corrected chi connectivity index (χ3v) is 2.33. The van der Waals surface area contributed by atoms with Gasteiger partial charge in [-0.3, -0.25) is 9.59 Å². The quantitative estimate of drug-likeness (QED) is 0.666. The minimum atomic E-state index is 0.319. The zero-order valence-electron chi connectivity index (χ0n) is 10.8. The minimum Gasteiger partial charge on any atom is -0.490 e. The molecule has 1 rings (SSSR count). The average Bonchev–Trinajstić information content (AvgIpc) is 2.42. The van der Waals surface area contributed by atoms with Crippen molar-refractivity contribution in [3.8, 4) is 11.5 Å². The Morgan fingerprint density at radius 2 is 1.28 bits per heavy atom. The van der Waals surface area contributed by atoms with Gasteiger partial charge in [0.25, 0.3) is 0 Å². The van der Waals surface area contributed by atoms with E-state index in [4.69, 9.17) is 9.47 Å². The molecule has 4 nitrogen and oxygen atoms in total. The van der Waals surface area contributed by atoms with Crippen molar-refractivity contribution in [3.05, 3.63) is 23.3 Å². The average molecular weight is 250 g/mol. The van der Waals surface area contributed by atoms with Gasteiger partial charge in [-0.05, 0) is 25.0 Å². The Balaban J connectivity index is 3.08. The number of benzene rings is 1. The summed E-state index contributed by atoms with van der Waals surface area (Å²) in [5.41, 5.74) is 0.639. The van der Waals surface area contributed by atoms with Crippen molar-refractivity contribution in [3.63, 3.8) is 0 Å². The predicted molar refractivity (Wildman–Crippen MR) is 68.8 cm³/mol. The smallest absolute Gasteiger partial charge is 0.161 e. The summed E-state index contributed by atoms with van der Waals surface area (Å²) in [4.78, 5) is 21.8. The first-order chi connectivity index (χ1) is 8.76. The fourth-order valence-corrected chi connectivity index (χ4v) is 1.45. The first kappa shape index (κ1) is 14.2. The number of ether oxygens (including phenoxy) is 2. The van der Waals surface area contributed by atoms with Crippen molar-refractivity contribution < 1.29 is 19.1 Å². The molecule has 0 aromatic heterocycles. The molecule has 98 valence electrons. The molecule has 0 bridgehead atoms. The van der Waals surface area contributed by atoms with Gasteiger partial charge in [-0.25, -0.2) is 0 Å². The van der Waals surface area contributed by atoms with E-state index in [1.54, 1.807) is 12.1 Å². The SMILES string of the molecule is CCCOc1cc(C=O)c(C=O)cc1OCCC. The number of hydrogen-bond acceptors (Lipinski definition) is 4. The summed E-state index contributed by atoms with van der Waals surface area (Å²) < 4.78 is 11.1. The lowest BCUT2D eigenvalue weighted by Gasteiger charge is -2.13. The highest BCUT2D eigenvalue weighted by Crippen LogP contribution is 2.30. The second-order valence-electron chi connectivity index (χ2n) is 3.86. The molecule has 0 unspecified atom stereocenters. The molecule has 0 radical (unpaired) electrons. The zero-order chi connectivity index (χ0) is 13.4. The monoisotopic (exact) mass is 250 g/mol. The van der Waals surface area contributed by atoms with Crippen LogP contribution >= 0.6 is 0 Å². The number of aldehydes is 2. The summed E-state index contributed by atoms with van der Waals surface area (Å²) in [6.07, 6.45) is 3.01. The van der Waals surface area contributed by atoms with Gasteiger partial charge in [0.1, 0.15) is 0 Å². The van der Waals surface area contributed by atoms with E-state index in [1.807, 2.05) is 13.8 Å². The second kappa shape index (κ2) is 7.48. The summed E-state index contributed by atoms with van der Waals surface area (Å²) in [7, 11) is 0. The Labute approximate surface area is 107 Å². The third-order valence-electron chi connectivity index (χ3n) is 2.33. The van der Waals surface area contributed by atoms with Crippen LogP contribution in [0.25, 0.3) is 0 Å². The molecule has 0 saturated carbocycles. The molecule has 0 amide bonds. The van der Waals surface area contributed by atoms with Crippen molar-refractivity contribution in [1.82, 2.24) is 0 Å². The van der Waals surface area contributed by atoms with Crippen LogP contribution in [0.1, 0.15) is 47.4 Å². The van der Waals surface area contributed by atoms with E-state index in [1.165, 1.54) is 0 Å². The lowest BCUT2D eigenvalue weighted by atomic mass is 10.1. The van der Waals surface area contributed by atoms with Crippen molar-refractivity contribution >= 4 is 12.6 Å². The molecular weight excluding hydrogens is 232 g/mol. The lowest BCUT2D eigenvalue weighted by Crippen LogP contribution is -2.03. The van der Waals surface area contributed by atoms with Gasteiger partial charge in [-0.1, -0.05) is 13.8 Å². The maximum Gasteiger partial charge on any atom is 0.161 e. The molecule has 0 N–H and O–H groups in total. The number of carbonyl (C=O) groups excluding carboxylic acids is 2. The molecule has 0 aliphatic carbocycles. The van der Waals surface area contributed by atoms with Crippen molar-refractivity contribution in [2.24, 2.45) is 0 Å². The standard InChI is InChI=1S/C14H18O4/c1-3-5-17-13-7-11(9-15)12(10-16)8-14(13)18-6-4-2/h7-10H,3-6H2,1-2H3. The highest BCUT2D eigenvalue weighted by molar-refractivity contribution is 5.91. The summed E-state index contributed by atoms with van der Waals surface area (Å²) in [5.74, 6) is 1.02.